The maximum Gasteiger partial charge on any atom is 0.265 e. The summed E-state index contributed by atoms with van der Waals surface area (Å²) in [4.78, 5) is 16.9. The van der Waals surface area contributed by atoms with Gasteiger partial charge in [0.15, 0.2) is 5.13 Å². The topological polar surface area (TPSA) is 119 Å². The molecule has 2 aromatic carbocycles. The van der Waals surface area contributed by atoms with Crippen molar-refractivity contribution in [2.45, 2.75) is 51.0 Å². The lowest BCUT2D eigenvalue weighted by Crippen LogP contribution is -2.42. The second kappa shape index (κ2) is 11.3. The van der Waals surface area contributed by atoms with Crippen molar-refractivity contribution in [1.29, 1.82) is 0 Å². The predicted molar refractivity (Wildman–Crippen MR) is 152 cm³/mol. The van der Waals surface area contributed by atoms with Crippen molar-refractivity contribution in [3.05, 3.63) is 48.2 Å². The number of ether oxygens (including phenoxy) is 2. The highest BCUT2D eigenvalue weighted by Crippen LogP contribution is 2.39. The van der Waals surface area contributed by atoms with Crippen LogP contribution in [0.15, 0.2) is 47.4 Å². The van der Waals surface area contributed by atoms with E-state index in [1.807, 2.05) is 13.0 Å². The molecule has 0 spiro atoms. The third kappa shape index (κ3) is 6.46. The fourth-order valence-corrected chi connectivity index (χ4v) is 6.96. The number of aromatic nitrogens is 1. The first kappa shape index (κ1) is 27.9. The summed E-state index contributed by atoms with van der Waals surface area (Å²) in [7, 11) is -2.54. The lowest BCUT2D eigenvalue weighted by Gasteiger charge is -2.37. The molecule has 1 aromatic heterocycles. The van der Waals surface area contributed by atoms with E-state index in [0.717, 1.165) is 47.3 Å². The maximum absolute atomic E-state index is 13.4. The number of amides is 1. The number of benzene rings is 2. The summed E-state index contributed by atoms with van der Waals surface area (Å²) < 4.78 is 40.3. The minimum Gasteiger partial charge on any atom is -0.495 e. The summed E-state index contributed by atoms with van der Waals surface area (Å²) in [6.45, 7) is 9.25. The molecule has 11 heteroatoms. The minimum atomic E-state index is -3.98. The fraction of sp³-hybridized carbons (Fsp3) is 0.407. The number of sulfonamides is 1. The van der Waals surface area contributed by atoms with Gasteiger partial charge in [-0.05, 0) is 87.6 Å². The standard InChI is InChI=1S/C27H34N4O5S2/c1-17-25(37-26(28-17)30-27(3,4)20-12-14-36-15-13-20)19-6-11-23(35-5)24(16-19)38(33,34)31-22-9-7-21(8-10-22)29-18(2)32/h6-11,16,20,31H,12-15H2,1-5H3,(H,28,30)(H,29,32). The van der Waals surface area contributed by atoms with Crippen LogP contribution >= 0.6 is 11.3 Å². The van der Waals surface area contributed by atoms with Gasteiger partial charge in [0.25, 0.3) is 10.0 Å². The minimum absolute atomic E-state index is 0.0216. The van der Waals surface area contributed by atoms with Gasteiger partial charge in [0.1, 0.15) is 10.6 Å². The summed E-state index contributed by atoms with van der Waals surface area (Å²) in [6, 6.07) is 11.5. The predicted octanol–water partition coefficient (Wildman–Crippen LogP) is 5.50. The Hall–Kier alpha value is -3.15. The first-order chi connectivity index (χ1) is 18.0. The van der Waals surface area contributed by atoms with Crippen LogP contribution in [0.1, 0.15) is 39.3 Å². The number of rotatable bonds is 9. The molecule has 1 aliphatic heterocycles. The van der Waals surface area contributed by atoms with Crippen LogP contribution in [-0.2, 0) is 19.6 Å². The molecule has 3 N–H and O–H groups in total. The highest BCUT2D eigenvalue weighted by atomic mass is 32.2. The Morgan fingerprint density at radius 3 is 2.39 bits per heavy atom. The van der Waals surface area contributed by atoms with E-state index in [9.17, 15) is 13.2 Å². The number of aryl methyl sites for hydroxylation is 1. The average molecular weight is 559 g/mol. The van der Waals surface area contributed by atoms with Crippen LogP contribution in [-0.4, -0.2) is 45.2 Å². The van der Waals surface area contributed by atoms with Crippen LogP contribution in [0.2, 0.25) is 0 Å². The van der Waals surface area contributed by atoms with Crippen LogP contribution in [0.5, 0.6) is 5.75 Å². The molecule has 1 saturated heterocycles. The Morgan fingerprint density at radius 2 is 1.76 bits per heavy atom. The zero-order valence-electron chi connectivity index (χ0n) is 22.3. The van der Waals surface area contributed by atoms with Gasteiger partial charge in [-0.3, -0.25) is 9.52 Å². The molecule has 0 bridgehead atoms. The van der Waals surface area contributed by atoms with E-state index in [1.54, 1.807) is 36.4 Å². The van der Waals surface area contributed by atoms with E-state index in [1.165, 1.54) is 25.4 Å². The zero-order valence-corrected chi connectivity index (χ0v) is 23.9. The van der Waals surface area contributed by atoms with Crippen LogP contribution in [0.25, 0.3) is 10.4 Å². The third-order valence-corrected chi connectivity index (χ3v) is 9.16. The van der Waals surface area contributed by atoms with Gasteiger partial charge in [0.2, 0.25) is 5.91 Å². The van der Waals surface area contributed by atoms with Crippen molar-refractivity contribution >= 4 is 43.8 Å². The number of nitrogens with one attached hydrogen (secondary N) is 3. The molecular weight excluding hydrogens is 524 g/mol. The van der Waals surface area contributed by atoms with E-state index in [-0.39, 0.29) is 22.1 Å². The highest BCUT2D eigenvalue weighted by Gasteiger charge is 2.32. The number of hydrogen-bond acceptors (Lipinski definition) is 8. The summed E-state index contributed by atoms with van der Waals surface area (Å²) in [5.41, 5.74) is 2.33. The van der Waals surface area contributed by atoms with E-state index < -0.39 is 10.0 Å². The molecule has 0 unspecified atom stereocenters. The van der Waals surface area contributed by atoms with E-state index in [0.29, 0.717) is 17.3 Å². The number of nitrogens with zero attached hydrogens (tertiary/aromatic N) is 1. The Labute approximate surface area is 228 Å². The monoisotopic (exact) mass is 558 g/mol. The highest BCUT2D eigenvalue weighted by molar-refractivity contribution is 7.92. The van der Waals surface area contributed by atoms with Gasteiger partial charge in [-0.1, -0.05) is 11.3 Å². The number of hydrogen-bond donors (Lipinski definition) is 3. The van der Waals surface area contributed by atoms with Gasteiger partial charge in [-0.2, -0.15) is 0 Å². The molecule has 9 nitrogen and oxygen atoms in total. The number of thiazole rings is 1. The van der Waals surface area contributed by atoms with Gasteiger partial charge >= 0.3 is 0 Å². The zero-order chi connectivity index (χ0) is 27.5. The quantitative estimate of drug-likeness (QED) is 0.317. The van der Waals surface area contributed by atoms with Gasteiger partial charge in [0.05, 0.1) is 17.7 Å². The Kier molecular flexibility index (Phi) is 8.29. The van der Waals surface area contributed by atoms with Crippen LogP contribution < -0.4 is 20.1 Å². The smallest absolute Gasteiger partial charge is 0.265 e. The largest absolute Gasteiger partial charge is 0.495 e. The first-order valence-corrected chi connectivity index (χ1v) is 14.7. The second-order valence-electron chi connectivity index (χ2n) is 9.90. The Bertz CT molecular complexity index is 1400. The van der Waals surface area contributed by atoms with Crippen LogP contribution in [0.4, 0.5) is 16.5 Å². The van der Waals surface area contributed by atoms with Gasteiger partial charge < -0.3 is 20.1 Å². The summed E-state index contributed by atoms with van der Waals surface area (Å²) in [5, 5.41) is 7.06. The SMILES string of the molecule is COc1ccc(-c2sc(NC(C)(C)C3CCOCC3)nc2C)cc1S(=O)(=O)Nc1ccc(NC(C)=O)cc1. The second-order valence-corrected chi connectivity index (χ2v) is 12.5. The lowest BCUT2D eigenvalue weighted by atomic mass is 9.82. The number of carbonyl (C=O) groups excluding carboxylic acids is 1. The lowest BCUT2D eigenvalue weighted by molar-refractivity contribution is -0.114. The maximum atomic E-state index is 13.4. The third-order valence-electron chi connectivity index (χ3n) is 6.64. The molecule has 0 radical (unpaired) electrons. The molecule has 1 aliphatic rings. The molecule has 2 heterocycles. The van der Waals surface area contributed by atoms with Gasteiger partial charge in [-0.15, -0.1) is 0 Å². The van der Waals surface area contributed by atoms with Crippen molar-refractivity contribution < 1.29 is 22.7 Å². The molecule has 1 amide bonds. The van der Waals surface area contributed by atoms with Crippen LogP contribution in [0, 0.1) is 12.8 Å². The Morgan fingerprint density at radius 1 is 1.11 bits per heavy atom. The normalized spacial score (nSPS) is 14.7. The van der Waals surface area contributed by atoms with Crippen molar-refractivity contribution in [3.63, 3.8) is 0 Å². The van der Waals surface area contributed by atoms with Gasteiger partial charge in [0, 0.05) is 37.1 Å². The van der Waals surface area contributed by atoms with Crippen molar-refractivity contribution in [2.24, 2.45) is 5.92 Å². The molecule has 204 valence electrons. The molecule has 38 heavy (non-hydrogen) atoms. The first-order valence-electron chi connectivity index (χ1n) is 12.4. The number of methoxy groups -OCH3 is 1. The van der Waals surface area contributed by atoms with Gasteiger partial charge in [-0.25, -0.2) is 13.4 Å². The van der Waals surface area contributed by atoms with Crippen molar-refractivity contribution in [2.75, 3.05) is 35.7 Å². The fourth-order valence-electron chi connectivity index (χ4n) is 4.58. The summed E-state index contributed by atoms with van der Waals surface area (Å²) in [6.07, 6.45) is 2.00. The van der Waals surface area contributed by atoms with E-state index >= 15 is 0 Å². The Balaban J connectivity index is 1.59. The summed E-state index contributed by atoms with van der Waals surface area (Å²) in [5.74, 6) is 0.501. The summed E-state index contributed by atoms with van der Waals surface area (Å²) >= 11 is 1.50. The molecule has 4 rings (SSSR count). The van der Waals surface area contributed by atoms with E-state index in [2.05, 4.69) is 29.2 Å². The molecule has 3 aromatic rings. The van der Waals surface area contributed by atoms with Crippen LogP contribution in [0.3, 0.4) is 0 Å². The van der Waals surface area contributed by atoms with Crippen molar-refractivity contribution in [1.82, 2.24) is 4.98 Å². The molecule has 1 fully saturated rings. The molecule has 0 saturated carbocycles. The molecular formula is C27H34N4O5S2. The van der Waals surface area contributed by atoms with E-state index in [4.69, 9.17) is 14.5 Å². The molecule has 0 aliphatic carbocycles. The molecule has 0 atom stereocenters. The van der Waals surface area contributed by atoms with Crippen molar-refractivity contribution in [3.8, 4) is 16.2 Å². The average Bonchev–Trinajstić information content (AvgIpc) is 3.24. The number of carbonyl (C=O) groups is 1. The number of anilines is 3.